The molecule has 0 aliphatic carbocycles. The van der Waals surface area contributed by atoms with Crippen molar-refractivity contribution in [3.63, 3.8) is 0 Å². The highest BCUT2D eigenvalue weighted by Gasteiger charge is 2.56. The summed E-state index contributed by atoms with van der Waals surface area (Å²) in [6.07, 6.45) is 1.93. The molecule has 234 valence electrons. The monoisotopic (exact) mass is 621 g/mol. The Kier molecular flexibility index (Phi) is 9.24. The van der Waals surface area contributed by atoms with E-state index in [-0.39, 0.29) is 5.91 Å². The Morgan fingerprint density at radius 3 is 2.07 bits per heavy atom. The zero-order valence-corrected chi connectivity index (χ0v) is 27.6. The van der Waals surface area contributed by atoms with Crippen LogP contribution in [0.1, 0.15) is 59.6 Å². The number of carbonyl (C=O) groups excluding carboxylic acids is 1. The van der Waals surface area contributed by atoms with E-state index < -0.39 is 5.54 Å². The van der Waals surface area contributed by atoms with Gasteiger partial charge in [0.05, 0.1) is 6.54 Å². The van der Waals surface area contributed by atoms with E-state index in [2.05, 4.69) is 107 Å². The van der Waals surface area contributed by atoms with Crippen LogP contribution in [-0.2, 0) is 5.54 Å². The van der Waals surface area contributed by atoms with Crippen LogP contribution in [0.15, 0.2) is 83.2 Å². The van der Waals surface area contributed by atoms with Crippen LogP contribution in [0.2, 0.25) is 0 Å². The molecule has 0 bridgehead atoms. The number of nitrogens with zero attached hydrogens (tertiary/aromatic N) is 4. The van der Waals surface area contributed by atoms with Crippen molar-refractivity contribution in [2.45, 2.75) is 33.2 Å². The summed E-state index contributed by atoms with van der Waals surface area (Å²) in [5.41, 5.74) is 5.18. The van der Waals surface area contributed by atoms with Crippen molar-refractivity contribution in [2.75, 3.05) is 62.2 Å². The van der Waals surface area contributed by atoms with Crippen molar-refractivity contribution in [2.24, 2.45) is 4.99 Å². The number of aliphatic imine (C=N–C) groups is 1. The molecule has 0 atom stereocenters. The zero-order chi connectivity index (χ0) is 31.4. The topological polar surface area (TPSA) is 60.4 Å². The van der Waals surface area contributed by atoms with E-state index in [0.29, 0.717) is 19.6 Å². The van der Waals surface area contributed by atoms with Crippen LogP contribution in [0.25, 0.3) is 0 Å². The molecule has 0 saturated heterocycles. The molecule has 3 heterocycles. The number of hydrogen-bond acceptors (Lipinski definition) is 7. The van der Waals surface area contributed by atoms with E-state index in [1.807, 2.05) is 30.5 Å². The molecule has 1 spiro atoms. The molecular weight excluding hydrogens is 579 g/mol. The van der Waals surface area contributed by atoms with Gasteiger partial charge in [-0.25, -0.2) is 0 Å². The number of carbonyl (C=O) groups is 1. The minimum atomic E-state index is -0.806. The highest BCUT2D eigenvalue weighted by atomic mass is 32.1. The third-order valence-electron chi connectivity index (χ3n) is 9.08. The summed E-state index contributed by atoms with van der Waals surface area (Å²) >= 11 is 1.68. The molecule has 8 heteroatoms. The van der Waals surface area contributed by atoms with E-state index in [4.69, 9.17) is 4.74 Å². The summed E-state index contributed by atoms with van der Waals surface area (Å²) in [4.78, 5) is 26.8. The average Bonchev–Trinajstić information content (AvgIpc) is 3.67. The Bertz CT molecular complexity index is 1600. The Labute approximate surface area is 271 Å². The van der Waals surface area contributed by atoms with Gasteiger partial charge in [-0.05, 0) is 62.9 Å². The van der Waals surface area contributed by atoms with Gasteiger partial charge in [0, 0.05) is 97.1 Å². The lowest BCUT2D eigenvalue weighted by atomic mass is 9.74. The largest absolute Gasteiger partial charge is 0.456 e. The van der Waals surface area contributed by atoms with Crippen molar-refractivity contribution >= 4 is 34.8 Å². The van der Waals surface area contributed by atoms with Gasteiger partial charge in [-0.2, -0.15) is 0 Å². The predicted molar refractivity (Wildman–Crippen MR) is 187 cm³/mol. The second-order valence-corrected chi connectivity index (χ2v) is 12.3. The number of ether oxygens (including phenoxy) is 1. The molecule has 4 aromatic rings. The van der Waals surface area contributed by atoms with Crippen LogP contribution < -0.4 is 19.9 Å². The first-order valence-corrected chi connectivity index (χ1v) is 17.1. The van der Waals surface area contributed by atoms with Crippen molar-refractivity contribution in [3.8, 4) is 11.5 Å². The summed E-state index contributed by atoms with van der Waals surface area (Å²) in [5.74, 6) is 1.64. The number of benzene rings is 3. The Morgan fingerprint density at radius 2 is 1.47 bits per heavy atom. The lowest BCUT2D eigenvalue weighted by Gasteiger charge is -2.45. The fourth-order valence-corrected chi connectivity index (χ4v) is 7.49. The quantitative estimate of drug-likeness (QED) is 0.129. The first-order valence-electron chi connectivity index (χ1n) is 16.2. The van der Waals surface area contributed by atoms with Crippen LogP contribution in [0.5, 0.6) is 11.5 Å². The molecule has 0 radical (unpaired) electrons. The molecule has 2 aliphatic heterocycles. The maximum Gasteiger partial charge on any atom is 0.255 e. The van der Waals surface area contributed by atoms with Gasteiger partial charge in [-0.15, -0.1) is 11.3 Å². The van der Waals surface area contributed by atoms with E-state index in [1.54, 1.807) is 11.3 Å². The van der Waals surface area contributed by atoms with Crippen molar-refractivity contribution in [1.29, 1.82) is 0 Å². The number of fused-ring (bicyclic) bond motifs is 6. The summed E-state index contributed by atoms with van der Waals surface area (Å²) in [5, 5.41) is 5.60. The molecular formula is C37H43N5O2S. The lowest BCUT2D eigenvalue weighted by molar-refractivity contribution is 0.0668. The molecule has 1 aromatic heterocycles. The number of amides is 1. The molecule has 6 rings (SSSR count). The minimum Gasteiger partial charge on any atom is -0.456 e. The molecule has 7 nitrogen and oxygen atoms in total. The lowest BCUT2D eigenvalue weighted by Crippen LogP contribution is -2.49. The Morgan fingerprint density at radius 1 is 0.822 bits per heavy atom. The van der Waals surface area contributed by atoms with E-state index in [0.717, 1.165) is 82.7 Å². The van der Waals surface area contributed by atoms with Crippen LogP contribution in [0.4, 0.5) is 11.4 Å². The molecule has 45 heavy (non-hydrogen) atoms. The van der Waals surface area contributed by atoms with Crippen molar-refractivity contribution < 1.29 is 9.53 Å². The molecule has 0 fully saturated rings. The zero-order valence-electron chi connectivity index (χ0n) is 26.8. The minimum absolute atomic E-state index is 0.0440. The summed E-state index contributed by atoms with van der Waals surface area (Å²) in [7, 11) is 0. The second-order valence-electron chi connectivity index (χ2n) is 11.3. The van der Waals surface area contributed by atoms with Gasteiger partial charge < -0.3 is 24.8 Å². The summed E-state index contributed by atoms with van der Waals surface area (Å²) in [6.45, 7) is 14.9. The molecule has 3 aromatic carbocycles. The van der Waals surface area contributed by atoms with Gasteiger partial charge >= 0.3 is 0 Å². The summed E-state index contributed by atoms with van der Waals surface area (Å²) in [6, 6.07) is 25.2. The first kappa shape index (κ1) is 30.9. The van der Waals surface area contributed by atoms with Crippen molar-refractivity contribution in [1.82, 2.24) is 10.2 Å². The molecule has 2 aliphatic rings. The van der Waals surface area contributed by atoms with Crippen LogP contribution in [-0.4, -0.2) is 69.4 Å². The van der Waals surface area contributed by atoms with Gasteiger partial charge in [0.15, 0.2) is 0 Å². The third-order valence-corrected chi connectivity index (χ3v) is 9.88. The molecule has 1 amide bonds. The summed E-state index contributed by atoms with van der Waals surface area (Å²) < 4.78 is 6.80. The fourth-order valence-electron chi connectivity index (χ4n) is 6.88. The predicted octanol–water partition coefficient (Wildman–Crippen LogP) is 7.00. The average molecular weight is 622 g/mol. The normalized spacial score (nSPS) is 14.4. The molecule has 1 N–H and O–H groups in total. The molecule has 0 saturated carbocycles. The van der Waals surface area contributed by atoms with Crippen molar-refractivity contribution in [3.05, 3.63) is 105 Å². The first-order chi connectivity index (χ1) is 22.1. The Hall–Kier alpha value is -4.14. The Balaban J connectivity index is 1.41. The number of thiophene rings is 1. The SMILES string of the molecule is CCN(CC)c1ccc2c(c1)Oc1cc(N(CC)CC)ccc1C21c2ccccc2C(=O)N1CCNCCN=Cc1cccs1. The van der Waals surface area contributed by atoms with Gasteiger partial charge in [-0.3, -0.25) is 9.79 Å². The van der Waals surface area contributed by atoms with Gasteiger partial charge in [0.1, 0.15) is 17.0 Å². The highest BCUT2D eigenvalue weighted by molar-refractivity contribution is 7.11. The van der Waals surface area contributed by atoms with Crippen LogP contribution in [0.3, 0.4) is 0 Å². The number of anilines is 2. The number of nitrogens with one attached hydrogen (secondary N) is 1. The second kappa shape index (κ2) is 13.5. The maximum atomic E-state index is 14.3. The fraction of sp³-hybridized carbons (Fsp3) is 0.351. The van der Waals surface area contributed by atoms with Crippen LogP contribution in [0, 0.1) is 0 Å². The van der Waals surface area contributed by atoms with Gasteiger partial charge in [0.2, 0.25) is 0 Å². The molecule has 0 unspecified atom stereocenters. The van der Waals surface area contributed by atoms with E-state index in [9.17, 15) is 4.79 Å². The number of rotatable bonds is 13. The van der Waals surface area contributed by atoms with E-state index in [1.165, 1.54) is 0 Å². The maximum absolute atomic E-state index is 14.3. The third kappa shape index (κ3) is 5.51. The highest BCUT2D eigenvalue weighted by Crippen LogP contribution is 2.58. The van der Waals surface area contributed by atoms with Gasteiger partial charge in [-0.1, -0.05) is 36.4 Å². The van der Waals surface area contributed by atoms with Gasteiger partial charge in [0.25, 0.3) is 5.91 Å². The number of hydrogen-bond donors (Lipinski definition) is 1. The smallest absolute Gasteiger partial charge is 0.255 e. The van der Waals surface area contributed by atoms with Crippen LogP contribution >= 0.6 is 11.3 Å². The van der Waals surface area contributed by atoms with E-state index >= 15 is 0 Å². The standard InChI is InChI=1S/C37H43N5O2S/c1-5-40(6-2)27-15-17-32-34(24-27)44-35-25-28(41(7-3)8-4)16-18-33(35)37(32)31-14-10-9-13-30(31)36(43)42(37)22-21-38-19-20-39-26-29-12-11-23-45-29/h9-18,23-26,38H,5-8,19-22H2,1-4H3.